The molecule has 5 rings (SSSR count). The normalized spacial score (nSPS) is 12.6. The Balaban J connectivity index is 2.31. The fourth-order valence-corrected chi connectivity index (χ4v) is 12.5. The summed E-state index contributed by atoms with van der Waals surface area (Å²) in [6, 6.07) is 24.4. The van der Waals surface area contributed by atoms with Crippen LogP contribution in [0.4, 0.5) is 13.2 Å². The van der Waals surface area contributed by atoms with Crippen LogP contribution in [0.15, 0.2) is 102 Å². The number of para-hydroxylation sites is 3. The first-order valence-corrected chi connectivity index (χ1v) is 16.3. The number of carbonyl (C=O) groups is 1. The third-order valence-electron chi connectivity index (χ3n) is 7.62. The van der Waals surface area contributed by atoms with E-state index in [4.69, 9.17) is 18.7 Å². The summed E-state index contributed by atoms with van der Waals surface area (Å²) in [6.07, 6.45) is -5.48. The number of phenols is 2. The molecule has 5 aromatic rings. The fourth-order valence-electron chi connectivity index (χ4n) is 5.84. The maximum absolute atomic E-state index is 14.6. The van der Waals surface area contributed by atoms with Crippen molar-refractivity contribution in [1.82, 2.24) is 0 Å². The molecule has 0 radical (unpaired) electrons. The van der Waals surface area contributed by atoms with Gasteiger partial charge in [-0.3, -0.25) is 0 Å². The summed E-state index contributed by atoms with van der Waals surface area (Å²) in [5.41, 5.74) is 0. The Morgan fingerprint density at radius 1 is 0.667 bits per heavy atom. The molecule has 0 saturated heterocycles. The van der Waals surface area contributed by atoms with E-state index in [1.807, 2.05) is 0 Å². The summed E-state index contributed by atoms with van der Waals surface area (Å²) in [5, 5.41) is 22.6. The summed E-state index contributed by atoms with van der Waals surface area (Å²) in [5.74, 6) is -3.51. The first-order chi connectivity index (χ1) is 21.4. The van der Waals surface area contributed by atoms with Gasteiger partial charge in [-0.2, -0.15) is 0 Å². The second kappa shape index (κ2) is 11.8. The van der Waals surface area contributed by atoms with E-state index in [-0.39, 0.29) is 49.2 Å². The van der Waals surface area contributed by atoms with Crippen molar-refractivity contribution in [2.75, 3.05) is 21.3 Å². The number of ether oxygens (including phenoxy) is 3. The van der Waals surface area contributed by atoms with Gasteiger partial charge in [-0.1, -0.05) is 0 Å². The van der Waals surface area contributed by atoms with Crippen molar-refractivity contribution in [3.05, 3.63) is 102 Å². The molecule has 0 aliphatic rings. The molecule has 2 N–H and O–H groups in total. The third-order valence-corrected chi connectivity index (χ3v) is 13.8. The van der Waals surface area contributed by atoms with Crippen molar-refractivity contribution >= 4 is 60.7 Å². The number of halogens is 4. The van der Waals surface area contributed by atoms with Gasteiger partial charge in [-0.05, 0) is 0 Å². The number of phenolic OH excluding ortho intramolecular Hbond substituents is 2. The number of alkyl halides is 3. The topological polar surface area (TPSA) is 94.5 Å². The number of carbonyl (C=O) groups excluding carboxylic acids is 1. The van der Waals surface area contributed by atoms with Crippen molar-refractivity contribution in [2.45, 2.75) is 6.18 Å². The Kier molecular flexibility index (Phi) is 8.37. The van der Waals surface area contributed by atoms with Crippen molar-refractivity contribution in [2.24, 2.45) is 0 Å². The number of hydrogen-bond acceptors (Lipinski definition) is 7. The van der Waals surface area contributed by atoms with Crippen LogP contribution in [0, 0.1) is 0 Å². The molecule has 7 nitrogen and oxygen atoms in total. The molecule has 0 amide bonds. The molecule has 234 valence electrons. The van der Waals surface area contributed by atoms with E-state index in [0.717, 1.165) is 6.07 Å². The summed E-state index contributed by atoms with van der Waals surface area (Å²) >= 11 is 3.44. The van der Waals surface area contributed by atoms with E-state index in [1.54, 1.807) is 48.5 Å². The van der Waals surface area contributed by atoms with Gasteiger partial charge in [-0.25, -0.2) is 0 Å². The van der Waals surface area contributed by atoms with Crippen molar-refractivity contribution < 1.29 is 46.9 Å². The van der Waals surface area contributed by atoms with E-state index in [1.165, 1.54) is 63.8 Å². The zero-order chi connectivity index (χ0) is 32.6. The second-order valence-corrected chi connectivity index (χ2v) is 15.0. The Hall–Kier alpha value is -4.47. The number of aromatic hydroxyl groups is 2. The van der Waals surface area contributed by atoms with Crippen LogP contribution in [0.2, 0.25) is 0 Å². The van der Waals surface area contributed by atoms with E-state index < -0.39 is 30.5 Å². The third kappa shape index (κ3) is 4.82. The molecule has 0 bridgehead atoms. The molecule has 0 aliphatic heterocycles. The number of fused-ring (bicyclic) bond motifs is 1. The van der Waals surface area contributed by atoms with Gasteiger partial charge in [0, 0.05) is 0 Å². The Morgan fingerprint density at radius 3 is 1.53 bits per heavy atom. The molecular weight excluding hydrogens is 676 g/mol. The first kappa shape index (κ1) is 31.9. The average Bonchev–Trinajstić information content (AvgIpc) is 3.05. The van der Waals surface area contributed by atoms with Gasteiger partial charge in [0.25, 0.3) is 0 Å². The van der Waals surface area contributed by atoms with Gasteiger partial charge in [0.1, 0.15) is 0 Å². The Labute approximate surface area is 264 Å². The summed E-state index contributed by atoms with van der Waals surface area (Å²) in [6.45, 7) is -5.76. The van der Waals surface area contributed by atoms with Crippen LogP contribution in [0.25, 0.3) is 10.8 Å². The van der Waals surface area contributed by atoms with Gasteiger partial charge in [0.2, 0.25) is 0 Å². The van der Waals surface area contributed by atoms with Gasteiger partial charge in [0.15, 0.2) is 0 Å². The van der Waals surface area contributed by atoms with Crippen LogP contribution in [-0.4, -0.2) is 43.7 Å². The molecule has 0 aliphatic carbocycles. The zero-order valence-corrected chi connectivity index (χ0v) is 26.6. The SMILES string of the molecule is COc1ccccc1P(OC(=O)C(F)(F)F)(c1ccccc1OC)(c1ccccc1OC)c1cc(O)c(O)c2ccc(Br)cc12. The number of rotatable bonds is 8. The van der Waals surface area contributed by atoms with Gasteiger partial charge in [-0.15, -0.1) is 0 Å². The van der Waals surface area contributed by atoms with Crippen molar-refractivity contribution in [3.8, 4) is 28.7 Å². The quantitative estimate of drug-likeness (QED) is 0.147. The van der Waals surface area contributed by atoms with E-state index in [2.05, 4.69) is 15.9 Å². The summed E-state index contributed by atoms with van der Waals surface area (Å²) in [4.78, 5) is 13.6. The molecule has 45 heavy (non-hydrogen) atoms. The summed E-state index contributed by atoms with van der Waals surface area (Å²) in [7, 11) is 4.01. The van der Waals surface area contributed by atoms with Crippen molar-refractivity contribution in [3.63, 3.8) is 0 Å². The number of hydrogen-bond donors (Lipinski definition) is 2. The first-order valence-electron chi connectivity index (χ1n) is 13.3. The van der Waals surface area contributed by atoms with Crippen LogP contribution >= 0.6 is 22.8 Å². The Bertz CT molecular complexity index is 1810. The van der Waals surface area contributed by atoms with Crippen LogP contribution in [-0.2, 0) is 9.32 Å². The van der Waals surface area contributed by atoms with Crippen LogP contribution in [0.3, 0.4) is 0 Å². The van der Waals surface area contributed by atoms with Gasteiger partial charge >= 0.3 is 265 Å². The zero-order valence-electron chi connectivity index (χ0n) is 24.1. The van der Waals surface area contributed by atoms with Gasteiger partial charge < -0.3 is 0 Å². The monoisotopic (exact) mass is 702 g/mol. The molecule has 5 aromatic carbocycles. The number of methoxy groups -OCH3 is 3. The van der Waals surface area contributed by atoms with Crippen LogP contribution < -0.4 is 35.4 Å². The minimum atomic E-state index is -5.76. The van der Waals surface area contributed by atoms with Crippen molar-refractivity contribution in [1.29, 1.82) is 0 Å². The predicted molar refractivity (Wildman–Crippen MR) is 172 cm³/mol. The number of benzene rings is 5. The van der Waals surface area contributed by atoms with E-state index in [0.29, 0.717) is 4.47 Å². The summed E-state index contributed by atoms with van der Waals surface area (Å²) < 4.78 is 68.0. The minimum absolute atomic E-state index is 0.0314. The molecule has 0 heterocycles. The molecular formula is C33H27BrF3O7P. The standard InChI is InChI=1S/C33H27BrF3O7P/c1-41-24-10-4-7-13-27(24)45(44-32(40)33(35,36)37,28-14-8-5-11-25(28)42-2,29-15-9-6-12-26(29)43-3)30-19-23(38)31(39)21-17-16-20(34)18-22(21)30/h4-19,38-39H,1-3H3. The second-order valence-electron chi connectivity index (χ2n) is 9.88. The van der Waals surface area contributed by atoms with Gasteiger partial charge in [0.05, 0.1) is 0 Å². The fraction of sp³-hybridized carbons (Fsp3) is 0.121. The molecule has 0 aromatic heterocycles. The Morgan fingerprint density at radius 2 is 1.11 bits per heavy atom. The van der Waals surface area contributed by atoms with E-state index in [9.17, 15) is 28.2 Å². The molecule has 0 spiro atoms. The van der Waals surface area contributed by atoms with E-state index >= 15 is 0 Å². The molecule has 0 fully saturated rings. The van der Waals surface area contributed by atoms with Crippen LogP contribution in [0.5, 0.6) is 28.7 Å². The average molecular weight is 703 g/mol. The van der Waals surface area contributed by atoms with Crippen LogP contribution in [0.1, 0.15) is 0 Å². The molecule has 0 atom stereocenters. The predicted octanol–water partition coefficient (Wildman–Crippen LogP) is 6.21. The molecule has 12 heteroatoms. The maximum atomic E-state index is 14.6. The molecule has 0 unspecified atom stereocenters. The molecule has 0 saturated carbocycles.